The molecule has 2 aromatic carbocycles. The van der Waals surface area contributed by atoms with Gasteiger partial charge >= 0.3 is 11.9 Å². The Bertz CT molecular complexity index is 1270. The summed E-state index contributed by atoms with van der Waals surface area (Å²) in [5.74, 6) is -0.963. The van der Waals surface area contributed by atoms with Crippen molar-refractivity contribution in [2.45, 2.75) is 13.5 Å². The normalized spacial score (nSPS) is 12.1. The number of benzene rings is 2. The van der Waals surface area contributed by atoms with Gasteiger partial charge in [-0.15, -0.1) is 11.3 Å². The zero-order valence-corrected chi connectivity index (χ0v) is 18.5. The Hall–Kier alpha value is -3.16. The average Bonchev–Trinajstić information content (AvgIpc) is 3.04. The highest BCUT2D eigenvalue weighted by molar-refractivity contribution is 7.07. The van der Waals surface area contributed by atoms with Crippen LogP contribution in [0.4, 0.5) is 0 Å². The van der Waals surface area contributed by atoms with Gasteiger partial charge in [-0.25, -0.2) is 9.59 Å². The van der Waals surface area contributed by atoms with Crippen LogP contribution in [-0.2, 0) is 20.8 Å². The molecule has 0 saturated heterocycles. The molecule has 6 nitrogen and oxygen atoms in total. The highest BCUT2D eigenvalue weighted by atomic mass is 35.5. The third-order valence-electron chi connectivity index (χ3n) is 4.37. The van der Waals surface area contributed by atoms with Gasteiger partial charge in [-0.05, 0) is 42.3 Å². The Morgan fingerprint density at radius 2 is 1.84 bits per heavy atom. The summed E-state index contributed by atoms with van der Waals surface area (Å²) in [5.41, 5.74) is 1.66. The Morgan fingerprint density at radius 1 is 1.13 bits per heavy atom. The Morgan fingerprint density at radius 3 is 2.48 bits per heavy atom. The maximum Gasteiger partial charge on any atom is 0.337 e. The second kappa shape index (κ2) is 10.2. The average molecular weight is 458 g/mol. The summed E-state index contributed by atoms with van der Waals surface area (Å²) in [6, 6.07) is 13.9. The van der Waals surface area contributed by atoms with Gasteiger partial charge in [0.25, 0.3) is 5.56 Å². The lowest BCUT2D eigenvalue weighted by Gasteiger charge is -2.04. The van der Waals surface area contributed by atoms with Crippen molar-refractivity contribution in [2.24, 2.45) is 0 Å². The predicted octanol–water partition coefficient (Wildman–Crippen LogP) is 2.57. The van der Waals surface area contributed by atoms with E-state index in [1.54, 1.807) is 43.3 Å². The molecule has 0 unspecified atom stereocenters. The Labute approximate surface area is 187 Å². The largest absolute Gasteiger partial charge is 0.465 e. The molecular weight excluding hydrogens is 438 g/mol. The van der Waals surface area contributed by atoms with Crippen molar-refractivity contribution in [1.82, 2.24) is 4.57 Å². The monoisotopic (exact) mass is 457 g/mol. The van der Waals surface area contributed by atoms with Crippen molar-refractivity contribution in [2.75, 3.05) is 13.7 Å². The third-order valence-corrected chi connectivity index (χ3v) is 5.78. The maximum absolute atomic E-state index is 13.1. The van der Waals surface area contributed by atoms with E-state index < -0.39 is 11.9 Å². The van der Waals surface area contributed by atoms with E-state index >= 15 is 0 Å². The molecule has 0 radical (unpaired) electrons. The van der Waals surface area contributed by atoms with Gasteiger partial charge in [-0.3, -0.25) is 9.36 Å². The molecule has 0 aliphatic heterocycles. The lowest BCUT2D eigenvalue weighted by atomic mass is 10.1. The number of nitrogens with zero attached hydrogens (tertiary/aromatic N) is 1. The number of hydrogen-bond donors (Lipinski definition) is 0. The van der Waals surface area contributed by atoms with Crippen molar-refractivity contribution < 1.29 is 19.1 Å². The molecular formula is C23H20ClNO5S. The van der Waals surface area contributed by atoms with E-state index in [2.05, 4.69) is 0 Å². The molecule has 0 saturated carbocycles. The molecule has 1 heterocycles. The van der Waals surface area contributed by atoms with Crippen LogP contribution in [0.3, 0.4) is 0 Å². The fraction of sp³-hybridized carbons (Fsp3) is 0.174. The van der Waals surface area contributed by atoms with Gasteiger partial charge in [-0.2, -0.15) is 0 Å². The van der Waals surface area contributed by atoms with Crippen LogP contribution < -0.4 is 14.8 Å². The molecule has 0 aliphatic carbocycles. The van der Waals surface area contributed by atoms with Crippen molar-refractivity contribution in [3.63, 3.8) is 0 Å². The minimum atomic E-state index is -0.525. The number of ether oxygens (including phenoxy) is 2. The van der Waals surface area contributed by atoms with Gasteiger partial charge in [0.1, 0.15) is 4.66 Å². The van der Waals surface area contributed by atoms with Gasteiger partial charge in [0.2, 0.25) is 0 Å². The predicted molar refractivity (Wildman–Crippen MR) is 121 cm³/mol. The van der Waals surface area contributed by atoms with Crippen molar-refractivity contribution in [1.29, 1.82) is 0 Å². The molecule has 0 aliphatic rings. The first-order valence-corrected chi connectivity index (χ1v) is 10.6. The molecule has 0 fully saturated rings. The lowest BCUT2D eigenvalue weighted by molar-refractivity contribution is -0.135. The second-order valence-corrected chi connectivity index (χ2v) is 7.92. The van der Waals surface area contributed by atoms with Crippen LogP contribution in [0.5, 0.6) is 0 Å². The van der Waals surface area contributed by atoms with Crippen LogP contribution in [0.2, 0.25) is 5.02 Å². The van der Waals surface area contributed by atoms with Crippen molar-refractivity contribution in [3.8, 4) is 0 Å². The SMILES string of the molecule is CCOC(=O)C=c1sc(=Cc2ccccc2Cl)c(=O)n1Cc1ccc(C(=O)OC)cc1. The summed E-state index contributed by atoms with van der Waals surface area (Å²) in [6.45, 7) is 2.17. The molecule has 8 heteroatoms. The first kappa shape index (κ1) is 22.5. The smallest absolute Gasteiger partial charge is 0.337 e. The van der Waals surface area contributed by atoms with E-state index in [1.807, 2.05) is 18.2 Å². The summed E-state index contributed by atoms with van der Waals surface area (Å²) in [7, 11) is 1.32. The molecule has 3 aromatic rings. The van der Waals surface area contributed by atoms with Crippen LogP contribution >= 0.6 is 22.9 Å². The lowest BCUT2D eigenvalue weighted by Crippen LogP contribution is -2.32. The molecule has 1 aromatic heterocycles. The summed E-state index contributed by atoms with van der Waals surface area (Å²) >= 11 is 7.41. The second-order valence-electron chi connectivity index (χ2n) is 6.45. The number of esters is 2. The Kier molecular flexibility index (Phi) is 7.44. The van der Waals surface area contributed by atoms with Crippen LogP contribution in [-0.4, -0.2) is 30.2 Å². The standard InChI is InChI=1S/C23H20ClNO5S/c1-3-30-21(26)13-20-25(14-15-8-10-16(11-9-15)23(28)29-2)22(27)19(31-20)12-17-6-4-5-7-18(17)24/h4-13H,3,14H2,1-2H3. The van der Waals surface area contributed by atoms with Gasteiger partial charge in [0, 0.05) is 5.02 Å². The topological polar surface area (TPSA) is 74.6 Å². The number of methoxy groups -OCH3 is 1. The van der Waals surface area contributed by atoms with E-state index in [-0.39, 0.29) is 18.7 Å². The van der Waals surface area contributed by atoms with Gasteiger partial charge < -0.3 is 9.47 Å². The fourth-order valence-corrected chi connectivity index (χ4v) is 4.07. The third kappa shape index (κ3) is 5.51. The van der Waals surface area contributed by atoms with Crippen LogP contribution in [0.1, 0.15) is 28.4 Å². The molecule has 31 heavy (non-hydrogen) atoms. The number of aromatic nitrogens is 1. The number of rotatable bonds is 6. The molecule has 0 amide bonds. The fourth-order valence-electron chi connectivity index (χ4n) is 2.86. The molecule has 0 atom stereocenters. The first-order chi connectivity index (χ1) is 14.9. The highest BCUT2D eigenvalue weighted by Gasteiger charge is 2.10. The van der Waals surface area contributed by atoms with E-state index in [1.165, 1.54) is 29.1 Å². The van der Waals surface area contributed by atoms with Gasteiger partial charge in [0.15, 0.2) is 0 Å². The summed E-state index contributed by atoms with van der Waals surface area (Å²) in [4.78, 5) is 36.8. The summed E-state index contributed by atoms with van der Waals surface area (Å²) < 4.78 is 12.1. The number of carbonyl (C=O) groups excluding carboxylic acids is 2. The summed E-state index contributed by atoms with van der Waals surface area (Å²) in [5, 5.41) is 0.524. The minimum absolute atomic E-state index is 0.221. The van der Waals surface area contributed by atoms with Crippen LogP contribution in [0, 0.1) is 0 Å². The van der Waals surface area contributed by atoms with Gasteiger partial charge in [0.05, 0.1) is 36.4 Å². The maximum atomic E-state index is 13.1. The molecule has 0 N–H and O–H groups in total. The quantitative estimate of drug-likeness (QED) is 0.532. The first-order valence-electron chi connectivity index (χ1n) is 9.44. The van der Waals surface area contributed by atoms with Crippen LogP contribution in [0.15, 0.2) is 53.3 Å². The highest BCUT2D eigenvalue weighted by Crippen LogP contribution is 2.15. The van der Waals surface area contributed by atoms with Crippen molar-refractivity contribution in [3.05, 3.63) is 89.8 Å². The summed E-state index contributed by atoms with van der Waals surface area (Å²) in [6.07, 6.45) is 3.01. The van der Waals surface area contributed by atoms with E-state index in [4.69, 9.17) is 21.1 Å². The number of carbonyl (C=O) groups is 2. The Balaban J connectivity index is 2.08. The van der Waals surface area contributed by atoms with E-state index in [9.17, 15) is 14.4 Å². The number of halogens is 1. The zero-order chi connectivity index (χ0) is 22.4. The molecule has 160 valence electrons. The molecule has 0 bridgehead atoms. The van der Waals surface area contributed by atoms with Crippen molar-refractivity contribution >= 4 is 47.0 Å². The van der Waals surface area contributed by atoms with Crippen LogP contribution in [0.25, 0.3) is 12.2 Å². The number of hydrogen-bond acceptors (Lipinski definition) is 6. The zero-order valence-electron chi connectivity index (χ0n) is 17.0. The molecule has 0 spiro atoms. The minimum Gasteiger partial charge on any atom is -0.465 e. The molecule has 3 rings (SSSR count). The van der Waals surface area contributed by atoms with E-state index in [0.717, 1.165) is 5.56 Å². The van der Waals surface area contributed by atoms with Gasteiger partial charge in [-0.1, -0.05) is 41.9 Å². The van der Waals surface area contributed by atoms with E-state index in [0.29, 0.717) is 25.3 Å². The number of thiazole rings is 1.